The highest BCUT2D eigenvalue weighted by molar-refractivity contribution is 7.89. The third-order valence-corrected chi connectivity index (χ3v) is 7.87. The molecular formula is C27H27NO3S. The van der Waals surface area contributed by atoms with Gasteiger partial charge in [0.15, 0.2) is 5.78 Å². The third kappa shape index (κ3) is 4.00. The van der Waals surface area contributed by atoms with Crippen LogP contribution in [-0.4, -0.2) is 18.5 Å². The fourth-order valence-electron chi connectivity index (χ4n) is 4.24. The van der Waals surface area contributed by atoms with Gasteiger partial charge < -0.3 is 0 Å². The van der Waals surface area contributed by atoms with Gasteiger partial charge in [-0.3, -0.25) is 9.10 Å². The SMILES string of the molecule is CC[C@H]1/C(=C\C(=O)c2ccc(C)cc2)N(S(=O)(=O)c2ccc(C)cc2)[C@@H]1c1ccccc1. The molecule has 0 saturated carbocycles. The molecule has 0 bridgehead atoms. The lowest BCUT2D eigenvalue weighted by molar-refractivity contribution is 0.103. The van der Waals surface area contributed by atoms with Gasteiger partial charge in [0.05, 0.1) is 10.9 Å². The minimum absolute atomic E-state index is 0.0629. The van der Waals surface area contributed by atoms with E-state index in [0.29, 0.717) is 11.3 Å². The van der Waals surface area contributed by atoms with Gasteiger partial charge >= 0.3 is 0 Å². The van der Waals surface area contributed by atoms with Crippen LogP contribution in [0.5, 0.6) is 0 Å². The second kappa shape index (κ2) is 8.75. The number of allylic oxidation sites excluding steroid dienone is 1. The van der Waals surface area contributed by atoms with Gasteiger partial charge in [-0.2, -0.15) is 0 Å². The second-order valence-electron chi connectivity index (χ2n) is 8.28. The van der Waals surface area contributed by atoms with Gasteiger partial charge in [-0.1, -0.05) is 84.8 Å². The highest BCUT2D eigenvalue weighted by Gasteiger charge is 2.50. The Hall–Kier alpha value is -3.18. The molecule has 3 aromatic carbocycles. The zero-order valence-corrected chi connectivity index (χ0v) is 19.3. The molecule has 0 N–H and O–H groups in total. The zero-order chi connectivity index (χ0) is 22.9. The molecule has 1 aliphatic rings. The van der Waals surface area contributed by atoms with Gasteiger partial charge in [-0.15, -0.1) is 0 Å². The monoisotopic (exact) mass is 445 g/mol. The second-order valence-corrected chi connectivity index (χ2v) is 10.1. The van der Waals surface area contributed by atoms with Gasteiger partial charge in [0.2, 0.25) is 0 Å². The highest BCUT2D eigenvalue weighted by atomic mass is 32.2. The Kier molecular flexibility index (Phi) is 6.02. The van der Waals surface area contributed by atoms with Crippen molar-refractivity contribution in [2.75, 3.05) is 0 Å². The van der Waals surface area contributed by atoms with Gasteiger partial charge in [-0.25, -0.2) is 8.42 Å². The Balaban J connectivity index is 1.80. The molecule has 0 amide bonds. The number of nitrogens with zero attached hydrogens (tertiary/aromatic N) is 1. The molecule has 2 atom stereocenters. The summed E-state index contributed by atoms with van der Waals surface area (Å²) < 4.78 is 28.9. The Bertz CT molecular complexity index is 1240. The van der Waals surface area contributed by atoms with Crippen LogP contribution >= 0.6 is 0 Å². The molecule has 0 aromatic heterocycles. The summed E-state index contributed by atoms with van der Waals surface area (Å²) in [5, 5.41) is 0. The molecule has 1 saturated heterocycles. The summed E-state index contributed by atoms with van der Waals surface area (Å²) in [6.07, 6.45) is 2.23. The fraction of sp³-hybridized carbons (Fsp3) is 0.222. The summed E-state index contributed by atoms with van der Waals surface area (Å²) in [5.41, 5.74) is 4.08. The molecular weight excluding hydrogens is 418 g/mol. The molecule has 0 spiro atoms. The van der Waals surface area contributed by atoms with E-state index in [1.54, 1.807) is 36.4 Å². The smallest absolute Gasteiger partial charge is 0.264 e. The number of benzene rings is 3. The van der Waals surface area contributed by atoms with Gasteiger partial charge in [0.25, 0.3) is 10.0 Å². The predicted octanol–water partition coefficient (Wildman–Crippen LogP) is 5.84. The van der Waals surface area contributed by atoms with Crippen LogP contribution < -0.4 is 0 Å². The molecule has 3 aromatic rings. The maximum Gasteiger partial charge on any atom is 0.264 e. The summed E-state index contributed by atoms with van der Waals surface area (Å²) in [5.74, 6) is -0.249. The van der Waals surface area contributed by atoms with E-state index in [1.165, 1.54) is 10.4 Å². The van der Waals surface area contributed by atoms with Crippen LogP contribution in [0.15, 0.2) is 95.5 Å². The van der Waals surface area contributed by atoms with E-state index in [2.05, 4.69) is 0 Å². The molecule has 1 aliphatic heterocycles. The van der Waals surface area contributed by atoms with Crippen molar-refractivity contribution < 1.29 is 13.2 Å². The summed E-state index contributed by atoms with van der Waals surface area (Å²) >= 11 is 0. The van der Waals surface area contributed by atoms with Crippen LogP contribution in [0.2, 0.25) is 0 Å². The summed E-state index contributed by atoms with van der Waals surface area (Å²) in [7, 11) is -3.83. The maximum absolute atomic E-state index is 13.7. The van der Waals surface area contributed by atoms with E-state index in [-0.39, 0.29) is 22.6 Å². The van der Waals surface area contributed by atoms with Crippen molar-refractivity contribution >= 4 is 15.8 Å². The van der Waals surface area contributed by atoms with Gasteiger partial charge in [0.1, 0.15) is 0 Å². The van der Waals surface area contributed by atoms with E-state index >= 15 is 0 Å². The van der Waals surface area contributed by atoms with Crippen LogP contribution in [-0.2, 0) is 10.0 Å². The first-order chi connectivity index (χ1) is 15.3. The molecule has 4 nitrogen and oxygen atoms in total. The number of sulfonamides is 1. The molecule has 4 rings (SSSR count). The van der Waals surface area contributed by atoms with E-state index < -0.39 is 10.0 Å². The van der Waals surface area contributed by atoms with Crippen LogP contribution in [0.4, 0.5) is 0 Å². The average Bonchev–Trinajstić information content (AvgIpc) is 2.77. The van der Waals surface area contributed by atoms with Crippen molar-refractivity contribution in [2.45, 2.75) is 38.1 Å². The fourth-order valence-corrected chi connectivity index (χ4v) is 5.98. The van der Waals surface area contributed by atoms with Crippen LogP contribution in [0.25, 0.3) is 0 Å². The number of ketones is 1. The number of aryl methyl sites for hydroxylation is 2. The molecule has 0 aliphatic carbocycles. The highest BCUT2D eigenvalue weighted by Crippen LogP contribution is 2.52. The van der Waals surface area contributed by atoms with E-state index in [1.807, 2.05) is 63.2 Å². The maximum atomic E-state index is 13.7. The van der Waals surface area contributed by atoms with Gasteiger partial charge in [0, 0.05) is 23.3 Å². The predicted molar refractivity (Wildman–Crippen MR) is 127 cm³/mol. The van der Waals surface area contributed by atoms with Crippen molar-refractivity contribution in [1.82, 2.24) is 4.31 Å². The van der Waals surface area contributed by atoms with Crippen molar-refractivity contribution in [2.24, 2.45) is 5.92 Å². The molecule has 164 valence electrons. The summed E-state index contributed by atoms with van der Waals surface area (Å²) in [4.78, 5) is 13.2. The number of hydrogen-bond acceptors (Lipinski definition) is 3. The molecule has 0 unspecified atom stereocenters. The molecule has 0 radical (unpaired) electrons. The molecule has 1 fully saturated rings. The number of rotatable bonds is 6. The van der Waals surface area contributed by atoms with Crippen LogP contribution in [0.1, 0.15) is 46.4 Å². The Labute approximate surface area is 190 Å². The van der Waals surface area contributed by atoms with Crippen molar-refractivity contribution in [1.29, 1.82) is 0 Å². The molecule has 1 heterocycles. The standard InChI is InChI=1S/C27H27NO3S/c1-4-24-25(18-26(29)21-14-10-19(2)11-15-21)28(27(24)22-8-6-5-7-9-22)32(30,31)23-16-12-20(3)13-17-23/h5-18,24,27H,4H2,1-3H3/b25-18+/t24-,27+/m0/s1. The first-order valence-electron chi connectivity index (χ1n) is 10.8. The van der Waals surface area contributed by atoms with E-state index in [4.69, 9.17) is 0 Å². The van der Waals surface area contributed by atoms with Crippen molar-refractivity contribution in [3.05, 3.63) is 113 Å². The third-order valence-electron chi connectivity index (χ3n) is 6.04. The first kappa shape index (κ1) is 22.0. The number of carbonyl (C=O) groups excluding carboxylic acids is 1. The number of carbonyl (C=O) groups is 1. The molecule has 5 heteroatoms. The minimum Gasteiger partial charge on any atom is -0.289 e. The largest absolute Gasteiger partial charge is 0.289 e. The lowest BCUT2D eigenvalue weighted by Crippen LogP contribution is -2.50. The zero-order valence-electron chi connectivity index (χ0n) is 18.5. The van der Waals surface area contributed by atoms with Gasteiger partial charge in [-0.05, 0) is 38.0 Å². The van der Waals surface area contributed by atoms with Crippen molar-refractivity contribution in [3.8, 4) is 0 Å². The summed E-state index contributed by atoms with van der Waals surface area (Å²) in [6.45, 7) is 5.91. The Morgan fingerprint density at radius 3 is 2.00 bits per heavy atom. The average molecular weight is 446 g/mol. The molecule has 32 heavy (non-hydrogen) atoms. The normalized spacial score (nSPS) is 19.6. The summed E-state index contributed by atoms with van der Waals surface area (Å²) in [6, 6.07) is 23.5. The quantitative estimate of drug-likeness (QED) is 0.354. The minimum atomic E-state index is -3.83. The van der Waals surface area contributed by atoms with Crippen LogP contribution in [0, 0.1) is 19.8 Å². The Morgan fingerprint density at radius 2 is 1.44 bits per heavy atom. The van der Waals surface area contributed by atoms with E-state index in [9.17, 15) is 13.2 Å². The van der Waals surface area contributed by atoms with E-state index in [0.717, 1.165) is 23.1 Å². The number of hydrogen-bond donors (Lipinski definition) is 0. The topological polar surface area (TPSA) is 54.5 Å². The lowest BCUT2D eigenvalue weighted by Gasteiger charge is -2.50. The Morgan fingerprint density at radius 1 is 0.875 bits per heavy atom. The lowest BCUT2D eigenvalue weighted by atomic mass is 9.80. The van der Waals surface area contributed by atoms with Crippen LogP contribution in [0.3, 0.4) is 0 Å². The first-order valence-corrected chi connectivity index (χ1v) is 12.3. The van der Waals surface area contributed by atoms with Crippen molar-refractivity contribution in [3.63, 3.8) is 0 Å².